The number of nitrogens with two attached hydrogens (primary N) is 1. The maximum atomic E-state index is 13.3. The molecule has 4 N–H and O–H groups in total. The summed E-state index contributed by atoms with van der Waals surface area (Å²) < 4.78 is 45.7. The Morgan fingerprint density at radius 3 is 2.17 bits per heavy atom. The van der Waals surface area contributed by atoms with E-state index in [1.54, 1.807) is 60.7 Å². The van der Waals surface area contributed by atoms with Gasteiger partial charge in [0.15, 0.2) is 0 Å². The van der Waals surface area contributed by atoms with Crippen LogP contribution in [0, 0.1) is 0 Å². The molecular weight excluding hydrogens is 557 g/mol. The zero-order valence-electron chi connectivity index (χ0n) is 21.0. The normalized spacial score (nSPS) is 11.1. The third-order valence-electron chi connectivity index (χ3n) is 5.83. The van der Waals surface area contributed by atoms with Crippen molar-refractivity contribution in [2.24, 2.45) is 0 Å². The number of halogens is 4. The number of benzene rings is 3. The molecule has 5 rings (SSSR count). The Morgan fingerprint density at radius 1 is 0.805 bits per heavy atom. The van der Waals surface area contributed by atoms with Gasteiger partial charge in [0.2, 0.25) is 0 Å². The number of nitrogens with zero attached hydrogens (tertiary/aromatic N) is 3. The molecule has 206 valence electrons. The largest absolute Gasteiger partial charge is 0.424 e. The van der Waals surface area contributed by atoms with Crippen molar-refractivity contribution in [1.82, 2.24) is 15.0 Å². The first kappa shape index (κ1) is 27.4. The van der Waals surface area contributed by atoms with Crippen LogP contribution in [0.15, 0.2) is 97.5 Å². The third-order valence-corrected chi connectivity index (χ3v) is 6.03. The number of nitrogens with one attached hydrogen (secondary N) is 2. The van der Waals surface area contributed by atoms with Gasteiger partial charge in [0.05, 0.1) is 34.4 Å². The molecule has 2 amide bonds. The highest BCUT2D eigenvalue weighted by molar-refractivity contribution is 6.30. The summed E-state index contributed by atoms with van der Waals surface area (Å²) in [7, 11) is 0. The number of anilines is 3. The van der Waals surface area contributed by atoms with Crippen molar-refractivity contribution in [3.63, 3.8) is 0 Å². The first-order valence-corrected chi connectivity index (χ1v) is 12.4. The van der Waals surface area contributed by atoms with Crippen molar-refractivity contribution in [3.8, 4) is 34.0 Å². The van der Waals surface area contributed by atoms with E-state index in [1.807, 2.05) is 0 Å². The summed E-state index contributed by atoms with van der Waals surface area (Å²) in [6.07, 6.45) is -0.506. The summed E-state index contributed by atoms with van der Waals surface area (Å²) in [6.45, 7) is 0. The highest BCUT2D eigenvalue weighted by Crippen LogP contribution is 2.36. The van der Waals surface area contributed by atoms with Gasteiger partial charge in [-0.2, -0.15) is 13.2 Å². The highest BCUT2D eigenvalue weighted by atomic mass is 35.5. The summed E-state index contributed by atoms with van der Waals surface area (Å²) in [5.74, 6) is 0.779. The van der Waals surface area contributed by atoms with Crippen molar-refractivity contribution in [3.05, 3.63) is 108 Å². The van der Waals surface area contributed by atoms with Gasteiger partial charge >= 0.3 is 18.2 Å². The molecule has 0 aliphatic rings. The fourth-order valence-electron chi connectivity index (χ4n) is 3.90. The summed E-state index contributed by atoms with van der Waals surface area (Å²) in [6, 6.07) is 19.8. The van der Waals surface area contributed by atoms with E-state index < -0.39 is 17.8 Å². The number of ether oxygens (including phenoxy) is 1. The summed E-state index contributed by atoms with van der Waals surface area (Å²) >= 11 is 6.01. The molecule has 0 spiro atoms. The molecule has 0 saturated carbocycles. The maximum absolute atomic E-state index is 13.3. The minimum Gasteiger partial charge on any atom is -0.424 e. The van der Waals surface area contributed by atoms with E-state index in [0.717, 1.165) is 17.7 Å². The van der Waals surface area contributed by atoms with E-state index in [2.05, 4.69) is 25.6 Å². The first-order valence-electron chi connectivity index (χ1n) is 12.0. The lowest BCUT2D eigenvalue weighted by Crippen LogP contribution is -2.20. The number of amides is 2. The highest BCUT2D eigenvalue weighted by Gasteiger charge is 2.31. The Kier molecular flexibility index (Phi) is 7.70. The third kappa shape index (κ3) is 6.71. The van der Waals surface area contributed by atoms with Gasteiger partial charge in [-0.1, -0.05) is 60.1 Å². The first-order chi connectivity index (χ1) is 19.7. The number of rotatable bonds is 6. The lowest BCUT2D eigenvalue weighted by Gasteiger charge is -2.15. The quantitative estimate of drug-likeness (QED) is 0.189. The van der Waals surface area contributed by atoms with Crippen molar-refractivity contribution in [2.75, 3.05) is 16.4 Å². The minimum atomic E-state index is -4.58. The monoisotopic (exact) mass is 576 g/mol. The Bertz CT molecular complexity index is 1680. The number of nitrogen functional groups attached to an aromatic ring is 1. The average Bonchev–Trinajstić information content (AvgIpc) is 2.96. The molecule has 0 aliphatic carbocycles. The molecule has 0 radical (unpaired) electrons. The molecule has 0 fully saturated rings. The number of urea groups is 1. The van der Waals surface area contributed by atoms with Crippen LogP contribution in [-0.4, -0.2) is 21.0 Å². The SMILES string of the molecule is Nc1ncc(Cl)cc1-c1ccc(Oc2ncc(NC(=O)Nc3cc(C(F)(F)F)ccc3-c3ccccc3)cn2)cc1. The fraction of sp³-hybridized carbons (Fsp3) is 0.0345. The lowest BCUT2D eigenvalue weighted by molar-refractivity contribution is -0.137. The number of alkyl halides is 3. The second-order valence-electron chi connectivity index (χ2n) is 8.67. The molecule has 0 atom stereocenters. The predicted molar refractivity (Wildman–Crippen MR) is 151 cm³/mol. The molecule has 41 heavy (non-hydrogen) atoms. The van der Waals surface area contributed by atoms with Crippen LogP contribution < -0.4 is 21.1 Å². The van der Waals surface area contributed by atoms with E-state index in [9.17, 15) is 18.0 Å². The average molecular weight is 577 g/mol. The van der Waals surface area contributed by atoms with E-state index in [1.165, 1.54) is 24.7 Å². The van der Waals surface area contributed by atoms with E-state index in [4.69, 9.17) is 22.1 Å². The minimum absolute atomic E-state index is 0.0110. The van der Waals surface area contributed by atoms with Crippen LogP contribution in [-0.2, 0) is 6.18 Å². The number of aromatic nitrogens is 3. The molecule has 0 bridgehead atoms. The zero-order valence-corrected chi connectivity index (χ0v) is 21.7. The number of carbonyl (C=O) groups excluding carboxylic acids is 1. The molecule has 2 aromatic heterocycles. The van der Waals surface area contributed by atoms with Crippen LogP contribution in [0.4, 0.5) is 35.2 Å². The van der Waals surface area contributed by atoms with Crippen molar-refractivity contribution in [2.45, 2.75) is 6.18 Å². The molecule has 0 unspecified atom stereocenters. The summed E-state index contributed by atoms with van der Waals surface area (Å²) in [4.78, 5) is 24.9. The van der Waals surface area contributed by atoms with Gasteiger partial charge in [0.25, 0.3) is 0 Å². The molecule has 0 aliphatic heterocycles. The van der Waals surface area contributed by atoms with Gasteiger partial charge in [-0.25, -0.2) is 19.7 Å². The Hall–Kier alpha value is -5.16. The van der Waals surface area contributed by atoms with Crippen LogP contribution in [0.2, 0.25) is 5.02 Å². The molecular formula is C29H20ClF3N6O2. The smallest absolute Gasteiger partial charge is 0.416 e. The van der Waals surface area contributed by atoms with Crippen LogP contribution in [0.5, 0.6) is 11.8 Å². The Labute approximate surface area is 237 Å². The zero-order chi connectivity index (χ0) is 29.0. The Balaban J connectivity index is 1.26. The summed E-state index contributed by atoms with van der Waals surface area (Å²) in [5, 5.41) is 5.46. The number of carbonyl (C=O) groups is 1. The molecule has 5 aromatic rings. The van der Waals surface area contributed by atoms with Crippen LogP contribution in [0.3, 0.4) is 0 Å². The van der Waals surface area contributed by atoms with Gasteiger partial charge in [-0.3, -0.25) is 0 Å². The van der Waals surface area contributed by atoms with Crippen LogP contribution >= 0.6 is 11.6 Å². The van der Waals surface area contributed by atoms with E-state index in [0.29, 0.717) is 33.3 Å². The van der Waals surface area contributed by atoms with Crippen LogP contribution in [0.1, 0.15) is 5.56 Å². The van der Waals surface area contributed by atoms with Gasteiger partial charge in [-0.05, 0) is 41.5 Å². The van der Waals surface area contributed by atoms with Gasteiger partial charge in [-0.15, -0.1) is 0 Å². The topological polar surface area (TPSA) is 115 Å². The number of hydrogen-bond donors (Lipinski definition) is 3. The standard InChI is InChI=1S/C29H20ClF3N6O2/c30-20-13-24(26(34)35-14-20)18-6-9-22(10-7-18)41-28-36-15-21(16-37-28)38-27(40)39-25-12-19(29(31,32)33)8-11-23(25)17-4-2-1-3-5-17/h1-16H,(H2,34,35)(H2,38,39,40). The molecule has 0 saturated heterocycles. The van der Waals surface area contributed by atoms with Gasteiger partial charge < -0.3 is 21.1 Å². The van der Waals surface area contributed by atoms with E-state index >= 15 is 0 Å². The predicted octanol–water partition coefficient (Wildman–Crippen LogP) is 7.90. The molecule has 8 nitrogen and oxygen atoms in total. The molecule has 3 aromatic carbocycles. The van der Waals surface area contributed by atoms with Gasteiger partial charge in [0.1, 0.15) is 11.6 Å². The molecule has 12 heteroatoms. The van der Waals surface area contributed by atoms with Crippen molar-refractivity contribution < 1.29 is 22.7 Å². The number of pyridine rings is 1. The lowest BCUT2D eigenvalue weighted by atomic mass is 10.0. The molecule has 2 heterocycles. The Morgan fingerprint density at radius 2 is 1.49 bits per heavy atom. The maximum Gasteiger partial charge on any atom is 0.416 e. The van der Waals surface area contributed by atoms with Gasteiger partial charge in [0, 0.05) is 17.3 Å². The van der Waals surface area contributed by atoms with Crippen molar-refractivity contribution in [1.29, 1.82) is 0 Å². The fourth-order valence-corrected chi connectivity index (χ4v) is 4.06. The second kappa shape index (κ2) is 11.5. The van der Waals surface area contributed by atoms with Crippen molar-refractivity contribution >= 4 is 34.8 Å². The number of hydrogen-bond acceptors (Lipinski definition) is 6. The second-order valence-corrected chi connectivity index (χ2v) is 9.11. The van der Waals surface area contributed by atoms with Crippen LogP contribution in [0.25, 0.3) is 22.3 Å². The summed E-state index contributed by atoms with van der Waals surface area (Å²) in [5.41, 5.74) is 7.75. The van der Waals surface area contributed by atoms with E-state index in [-0.39, 0.29) is 17.4 Å².